The summed E-state index contributed by atoms with van der Waals surface area (Å²) >= 11 is 5.79. The molecular weight excluding hydrogens is 336 g/mol. The van der Waals surface area contributed by atoms with Crippen molar-refractivity contribution < 1.29 is 13.2 Å². The number of rotatable bonds is 5. The van der Waals surface area contributed by atoms with Gasteiger partial charge in [-0.1, -0.05) is 11.6 Å². The molecule has 0 bridgehead atoms. The molecule has 0 saturated heterocycles. The summed E-state index contributed by atoms with van der Waals surface area (Å²) in [6.07, 6.45) is 0. The number of hydrogen-bond donors (Lipinski definition) is 2. The van der Waals surface area contributed by atoms with E-state index in [-0.39, 0.29) is 16.8 Å². The Kier molecular flexibility index (Phi) is 5.41. The van der Waals surface area contributed by atoms with E-state index >= 15 is 0 Å². The Balaban J connectivity index is 2.13. The van der Waals surface area contributed by atoms with Crippen LogP contribution in [0.5, 0.6) is 0 Å². The first-order valence-corrected chi connectivity index (χ1v) is 8.83. The van der Waals surface area contributed by atoms with Crippen molar-refractivity contribution in [1.29, 1.82) is 0 Å². The van der Waals surface area contributed by atoms with Crippen molar-refractivity contribution in [2.24, 2.45) is 0 Å². The van der Waals surface area contributed by atoms with Crippen molar-refractivity contribution >= 4 is 33.2 Å². The second-order valence-electron chi connectivity index (χ2n) is 5.26. The van der Waals surface area contributed by atoms with Crippen molar-refractivity contribution in [3.63, 3.8) is 0 Å². The molecule has 0 spiro atoms. The molecule has 122 valence electrons. The maximum Gasteiger partial charge on any atom is 0.255 e. The molecule has 0 aromatic heterocycles. The predicted molar refractivity (Wildman–Crippen MR) is 91.3 cm³/mol. The Morgan fingerprint density at radius 1 is 1.00 bits per heavy atom. The average Bonchev–Trinajstić information content (AvgIpc) is 2.48. The van der Waals surface area contributed by atoms with Gasteiger partial charge < -0.3 is 5.32 Å². The van der Waals surface area contributed by atoms with E-state index in [9.17, 15) is 13.2 Å². The van der Waals surface area contributed by atoms with Crippen LogP contribution in [-0.4, -0.2) is 20.4 Å². The molecule has 0 aliphatic heterocycles. The van der Waals surface area contributed by atoms with Crippen LogP contribution in [0.3, 0.4) is 0 Å². The molecule has 2 N–H and O–H groups in total. The summed E-state index contributed by atoms with van der Waals surface area (Å²) in [4.78, 5) is 12.2. The largest absolute Gasteiger partial charge is 0.322 e. The number of benzene rings is 2. The van der Waals surface area contributed by atoms with Crippen LogP contribution in [-0.2, 0) is 10.0 Å². The summed E-state index contributed by atoms with van der Waals surface area (Å²) in [5.74, 6) is -0.326. The van der Waals surface area contributed by atoms with Crippen LogP contribution in [0.25, 0.3) is 0 Å². The van der Waals surface area contributed by atoms with E-state index in [1.54, 1.807) is 38.1 Å². The Bertz CT molecular complexity index is 785. The van der Waals surface area contributed by atoms with E-state index in [1.807, 2.05) is 0 Å². The minimum Gasteiger partial charge on any atom is -0.322 e. The highest BCUT2D eigenvalue weighted by Gasteiger charge is 2.16. The SMILES string of the molecule is CC(C)NS(=O)(=O)c1ccc(C(=O)Nc2ccc(Cl)cc2)cc1. The quantitative estimate of drug-likeness (QED) is 0.867. The van der Waals surface area contributed by atoms with Crippen LogP contribution >= 0.6 is 11.6 Å². The second-order valence-corrected chi connectivity index (χ2v) is 7.41. The molecule has 23 heavy (non-hydrogen) atoms. The van der Waals surface area contributed by atoms with Gasteiger partial charge in [0, 0.05) is 22.3 Å². The van der Waals surface area contributed by atoms with Gasteiger partial charge in [-0.3, -0.25) is 4.79 Å². The molecule has 0 saturated carbocycles. The molecule has 0 aliphatic carbocycles. The molecule has 2 aromatic carbocycles. The average molecular weight is 353 g/mol. The van der Waals surface area contributed by atoms with Gasteiger partial charge in [0.15, 0.2) is 0 Å². The third-order valence-electron chi connectivity index (χ3n) is 2.92. The first kappa shape index (κ1) is 17.5. The van der Waals surface area contributed by atoms with Gasteiger partial charge in [-0.05, 0) is 62.4 Å². The maximum absolute atomic E-state index is 12.1. The highest BCUT2D eigenvalue weighted by molar-refractivity contribution is 7.89. The van der Waals surface area contributed by atoms with E-state index in [0.29, 0.717) is 16.3 Å². The van der Waals surface area contributed by atoms with E-state index in [0.717, 1.165) is 0 Å². The fourth-order valence-corrected chi connectivity index (χ4v) is 3.28. The van der Waals surface area contributed by atoms with Crippen molar-refractivity contribution in [2.75, 3.05) is 5.32 Å². The highest BCUT2D eigenvalue weighted by Crippen LogP contribution is 2.16. The third-order valence-corrected chi connectivity index (χ3v) is 4.85. The molecule has 2 aromatic rings. The standard InChI is InChI=1S/C16H17ClN2O3S/c1-11(2)19-23(21,22)15-9-3-12(4-10-15)16(20)18-14-7-5-13(17)6-8-14/h3-11,19H,1-2H3,(H,18,20). The molecule has 2 rings (SSSR count). The molecule has 0 unspecified atom stereocenters. The van der Waals surface area contributed by atoms with E-state index in [2.05, 4.69) is 10.0 Å². The Morgan fingerprint density at radius 3 is 2.09 bits per heavy atom. The van der Waals surface area contributed by atoms with Crippen LogP contribution in [0, 0.1) is 0 Å². The Labute approximate surface area is 140 Å². The lowest BCUT2D eigenvalue weighted by atomic mass is 10.2. The maximum atomic E-state index is 12.1. The van der Waals surface area contributed by atoms with Crippen molar-refractivity contribution in [2.45, 2.75) is 24.8 Å². The molecule has 5 nitrogen and oxygen atoms in total. The number of sulfonamides is 1. The zero-order valence-electron chi connectivity index (χ0n) is 12.7. The number of carbonyl (C=O) groups excluding carboxylic acids is 1. The fourth-order valence-electron chi connectivity index (χ4n) is 1.90. The minimum absolute atomic E-state index is 0.120. The van der Waals surface area contributed by atoms with Gasteiger partial charge in [0.1, 0.15) is 0 Å². The van der Waals surface area contributed by atoms with Gasteiger partial charge in [0.25, 0.3) is 5.91 Å². The minimum atomic E-state index is -3.56. The van der Waals surface area contributed by atoms with Gasteiger partial charge in [-0.2, -0.15) is 0 Å². The van der Waals surface area contributed by atoms with Gasteiger partial charge >= 0.3 is 0 Å². The summed E-state index contributed by atoms with van der Waals surface area (Å²) in [6.45, 7) is 3.48. The lowest BCUT2D eigenvalue weighted by molar-refractivity contribution is 0.102. The monoisotopic (exact) mass is 352 g/mol. The van der Waals surface area contributed by atoms with Crippen LogP contribution in [0.4, 0.5) is 5.69 Å². The Morgan fingerprint density at radius 2 is 1.57 bits per heavy atom. The van der Waals surface area contributed by atoms with Crippen molar-refractivity contribution in [3.8, 4) is 0 Å². The number of anilines is 1. The first-order valence-electron chi connectivity index (χ1n) is 6.97. The van der Waals surface area contributed by atoms with Gasteiger partial charge in [-0.15, -0.1) is 0 Å². The summed E-state index contributed by atoms with van der Waals surface area (Å²) in [6, 6.07) is 12.3. The van der Waals surface area contributed by atoms with Gasteiger partial charge in [0.2, 0.25) is 10.0 Å². The van der Waals surface area contributed by atoms with Crippen LogP contribution in [0.2, 0.25) is 5.02 Å². The molecule has 0 radical (unpaired) electrons. The number of halogens is 1. The van der Waals surface area contributed by atoms with Crippen LogP contribution < -0.4 is 10.0 Å². The smallest absolute Gasteiger partial charge is 0.255 e. The summed E-state index contributed by atoms with van der Waals surface area (Å²) < 4.78 is 26.5. The number of nitrogens with one attached hydrogen (secondary N) is 2. The molecule has 0 atom stereocenters. The molecular formula is C16H17ClN2O3S. The summed E-state index contributed by atoms with van der Waals surface area (Å²) in [5.41, 5.74) is 0.973. The second kappa shape index (κ2) is 7.12. The van der Waals surface area contributed by atoms with E-state index in [4.69, 9.17) is 11.6 Å². The van der Waals surface area contributed by atoms with Crippen LogP contribution in [0.15, 0.2) is 53.4 Å². The first-order chi connectivity index (χ1) is 10.8. The fraction of sp³-hybridized carbons (Fsp3) is 0.188. The molecule has 0 fully saturated rings. The molecule has 0 aliphatic rings. The molecule has 0 heterocycles. The number of hydrogen-bond acceptors (Lipinski definition) is 3. The van der Waals surface area contributed by atoms with Crippen molar-refractivity contribution in [3.05, 3.63) is 59.1 Å². The number of carbonyl (C=O) groups is 1. The zero-order chi connectivity index (χ0) is 17.0. The zero-order valence-corrected chi connectivity index (χ0v) is 14.3. The lowest BCUT2D eigenvalue weighted by Crippen LogP contribution is -2.30. The highest BCUT2D eigenvalue weighted by atomic mass is 35.5. The van der Waals surface area contributed by atoms with E-state index in [1.165, 1.54) is 24.3 Å². The van der Waals surface area contributed by atoms with E-state index < -0.39 is 10.0 Å². The van der Waals surface area contributed by atoms with Crippen LogP contribution in [0.1, 0.15) is 24.2 Å². The normalized spacial score (nSPS) is 11.5. The van der Waals surface area contributed by atoms with Gasteiger partial charge in [0.05, 0.1) is 4.90 Å². The predicted octanol–water partition coefficient (Wildman–Crippen LogP) is 3.28. The lowest BCUT2D eigenvalue weighted by Gasteiger charge is -2.10. The number of amides is 1. The molecule has 1 amide bonds. The third kappa shape index (κ3) is 4.79. The summed E-state index contributed by atoms with van der Waals surface area (Å²) in [7, 11) is -3.56. The van der Waals surface area contributed by atoms with Crippen molar-refractivity contribution in [1.82, 2.24) is 4.72 Å². The Hall–Kier alpha value is -1.89. The molecule has 7 heteroatoms. The van der Waals surface area contributed by atoms with Gasteiger partial charge in [-0.25, -0.2) is 13.1 Å². The summed E-state index contributed by atoms with van der Waals surface area (Å²) in [5, 5.41) is 3.29. The topological polar surface area (TPSA) is 75.3 Å².